The molecule has 0 bridgehead atoms. The maximum atomic E-state index is 8.93. The zero-order chi connectivity index (χ0) is 9.26. The summed E-state index contributed by atoms with van der Waals surface area (Å²) in [7, 11) is 1.64. The van der Waals surface area contributed by atoms with Gasteiger partial charge in [0.15, 0.2) is 0 Å². The second-order valence-electron chi connectivity index (χ2n) is 2.87. The Morgan fingerprint density at radius 2 is 2.31 bits per heavy atom. The van der Waals surface area contributed by atoms with Crippen LogP contribution in [0.4, 0.5) is 0 Å². The number of ether oxygens (including phenoxy) is 1. The molecule has 2 rings (SSSR count). The Labute approximate surface area is 76.0 Å². The Hall–Kier alpha value is -1.48. The lowest BCUT2D eigenvalue weighted by Crippen LogP contribution is -1.81. The van der Waals surface area contributed by atoms with Gasteiger partial charge in [0, 0.05) is 16.6 Å². The number of H-pyrrole nitrogens is 1. The molecule has 0 unspecified atom stereocenters. The highest BCUT2D eigenvalue weighted by Gasteiger charge is 2.03. The van der Waals surface area contributed by atoms with E-state index in [1.54, 1.807) is 7.11 Å². The van der Waals surface area contributed by atoms with E-state index in [2.05, 4.69) is 4.98 Å². The van der Waals surface area contributed by atoms with Crippen LogP contribution < -0.4 is 4.74 Å². The number of nitrogens with one attached hydrogen (secondary N) is 1. The second-order valence-corrected chi connectivity index (χ2v) is 2.87. The third kappa shape index (κ3) is 1.27. The summed E-state index contributed by atoms with van der Waals surface area (Å²) in [4.78, 5) is 3.09. The molecule has 0 saturated carbocycles. The van der Waals surface area contributed by atoms with E-state index in [0.29, 0.717) is 0 Å². The number of hydrogen-bond acceptors (Lipinski definition) is 2. The number of aromatic nitrogens is 1. The lowest BCUT2D eigenvalue weighted by Gasteiger charge is -1.99. The number of aliphatic hydroxyl groups excluding tert-OH is 1. The van der Waals surface area contributed by atoms with Crippen LogP contribution >= 0.6 is 0 Å². The monoisotopic (exact) mass is 177 g/mol. The number of rotatable bonds is 2. The zero-order valence-corrected chi connectivity index (χ0v) is 7.37. The number of methoxy groups -OCH3 is 1. The highest BCUT2D eigenvalue weighted by atomic mass is 16.5. The van der Waals surface area contributed by atoms with Crippen LogP contribution in [0.15, 0.2) is 24.3 Å². The Morgan fingerprint density at radius 3 is 3.00 bits per heavy atom. The Morgan fingerprint density at radius 1 is 1.46 bits per heavy atom. The van der Waals surface area contributed by atoms with Crippen LogP contribution in [0.2, 0.25) is 0 Å². The predicted molar refractivity (Wildman–Crippen MR) is 50.8 cm³/mol. The lowest BCUT2D eigenvalue weighted by molar-refractivity contribution is 0.278. The van der Waals surface area contributed by atoms with Gasteiger partial charge in [0.25, 0.3) is 0 Å². The van der Waals surface area contributed by atoms with Crippen LogP contribution in [0.1, 0.15) is 5.69 Å². The fraction of sp³-hybridized carbons (Fsp3) is 0.200. The largest absolute Gasteiger partial charge is 0.496 e. The molecule has 3 heteroatoms. The van der Waals surface area contributed by atoms with Gasteiger partial charge in [-0.25, -0.2) is 0 Å². The van der Waals surface area contributed by atoms with Crippen LogP contribution in [0.5, 0.6) is 5.75 Å². The maximum Gasteiger partial charge on any atom is 0.128 e. The molecule has 0 saturated heterocycles. The van der Waals surface area contributed by atoms with E-state index in [1.165, 1.54) is 0 Å². The first-order chi connectivity index (χ1) is 6.35. The summed E-state index contributed by atoms with van der Waals surface area (Å²) >= 11 is 0. The van der Waals surface area contributed by atoms with Gasteiger partial charge < -0.3 is 14.8 Å². The molecule has 0 atom stereocenters. The van der Waals surface area contributed by atoms with Crippen molar-refractivity contribution in [3.05, 3.63) is 30.0 Å². The van der Waals surface area contributed by atoms with Crippen molar-refractivity contribution in [2.75, 3.05) is 7.11 Å². The highest BCUT2D eigenvalue weighted by Crippen LogP contribution is 2.25. The van der Waals surface area contributed by atoms with Crippen LogP contribution in [0.25, 0.3) is 10.9 Å². The van der Waals surface area contributed by atoms with E-state index in [0.717, 1.165) is 22.3 Å². The average molecular weight is 177 g/mol. The number of hydrogen-bond donors (Lipinski definition) is 2. The summed E-state index contributed by atoms with van der Waals surface area (Å²) in [5.41, 5.74) is 1.79. The van der Waals surface area contributed by atoms with Crippen molar-refractivity contribution in [1.29, 1.82) is 0 Å². The molecule has 1 heterocycles. The molecule has 3 nitrogen and oxygen atoms in total. The molecule has 2 aromatic rings. The molecule has 0 amide bonds. The Kier molecular flexibility index (Phi) is 1.94. The minimum atomic E-state index is 0.0256. The van der Waals surface area contributed by atoms with Crippen LogP contribution in [0, 0.1) is 0 Å². The topological polar surface area (TPSA) is 45.2 Å². The van der Waals surface area contributed by atoms with Crippen molar-refractivity contribution in [1.82, 2.24) is 4.98 Å². The fourth-order valence-corrected chi connectivity index (χ4v) is 1.45. The first-order valence-electron chi connectivity index (χ1n) is 4.10. The molecule has 0 radical (unpaired) electrons. The van der Waals surface area contributed by atoms with Crippen molar-refractivity contribution >= 4 is 10.9 Å². The number of aliphatic hydroxyl groups is 1. The quantitative estimate of drug-likeness (QED) is 0.732. The Bertz CT molecular complexity index is 420. The van der Waals surface area contributed by atoms with Gasteiger partial charge in [-0.15, -0.1) is 0 Å². The zero-order valence-electron chi connectivity index (χ0n) is 7.37. The third-order valence-electron chi connectivity index (χ3n) is 2.07. The van der Waals surface area contributed by atoms with Gasteiger partial charge in [-0.1, -0.05) is 6.07 Å². The summed E-state index contributed by atoms with van der Waals surface area (Å²) in [6.07, 6.45) is 0. The third-order valence-corrected chi connectivity index (χ3v) is 2.07. The standard InChI is InChI=1S/C10H11NO2/c1-13-10-4-2-3-9-8(10)5-7(6-12)11-9/h2-5,11-12H,6H2,1H3. The van der Waals surface area contributed by atoms with Crippen LogP contribution in [0.3, 0.4) is 0 Å². The van der Waals surface area contributed by atoms with Gasteiger partial charge >= 0.3 is 0 Å². The molecular weight excluding hydrogens is 166 g/mol. The first-order valence-corrected chi connectivity index (χ1v) is 4.10. The molecule has 68 valence electrons. The fourth-order valence-electron chi connectivity index (χ4n) is 1.45. The van der Waals surface area contributed by atoms with Gasteiger partial charge in [-0.05, 0) is 18.2 Å². The second kappa shape index (κ2) is 3.11. The summed E-state index contributed by atoms with van der Waals surface area (Å²) in [6.45, 7) is 0.0256. The van der Waals surface area contributed by atoms with Crippen LogP contribution in [-0.4, -0.2) is 17.2 Å². The highest BCUT2D eigenvalue weighted by molar-refractivity contribution is 5.86. The smallest absolute Gasteiger partial charge is 0.128 e. The maximum absolute atomic E-state index is 8.93. The summed E-state index contributed by atoms with van der Waals surface area (Å²) in [5, 5.41) is 9.94. The normalized spacial score (nSPS) is 10.6. The van der Waals surface area contributed by atoms with Gasteiger partial charge in [0.05, 0.1) is 13.7 Å². The van der Waals surface area contributed by atoms with Gasteiger partial charge in [-0.2, -0.15) is 0 Å². The van der Waals surface area contributed by atoms with Crippen molar-refractivity contribution in [2.45, 2.75) is 6.61 Å². The molecule has 0 aliphatic heterocycles. The SMILES string of the molecule is COc1cccc2[nH]c(CO)cc12. The van der Waals surface area contributed by atoms with Gasteiger partial charge in [-0.3, -0.25) is 0 Å². The summed E-state index contributed by atoms with van der Waals surface area (Å²) in [6, 6.07) is 7.67. The minimum Gasteiger partial charge on any atom is -0.496 e. The van der Waals surface area contributed by atoms with E-state index in [9.17, 15) is 0 Å². The summed E-state index contributed by atoms with van der Waals surface area (Å²) in [5.74, 6) is 0.827. The molecule has 0 spiro atoms. The van der Waals surface area contributed by atoms with E-state index >= 15 is 0 Å². The predicted octanol–water partition coefficient (Wildman–Crippen LogP) is 1.67. The number of benzene rings is 1. The van der Waals surface area contributed by atoms with Crippen molar-refractivity contribution in [3.8, 4) is 5.75 Å². The molecular formula is C10H11NO2. The van der Waals surface area contributed by atoms with Crippen molar-refractivity contribution < 1.29 is 9.84 Å². The lowest BCUT2D eigenvalue weighted by atomic mass is 10.2. The Balaban J connectivity index is 2.67. The van der Waals surface area contributed by atoms with Crippen molar-refractivity contribution in [3.63, 3.8) is 0 Å². The molecule has 13 heavy (non-hydrogen) atoms. The average Bonchev–Trinajstić information content (AvgIpc) is 2.59. The number of aromatic amines is 1. The van der Waals surface area contributed by atoms with E-state index in [4.69, 9.17) is 9.84 Å². The first kappa shape index (κ1) is 8.13. The van der Waals surface area contributed by atoms with Gasteiger partial charge in [0.1, 0.15) is 5.75 Å². The molecule has 0 aliphatic rings. The summed E-state index contributed by atoms with van der Waals surface area (Å²) < 4.78 is 5.18. The van der Waals surface area contributed by atoms with Crippen LogP contribution in [-0.2, 0) is 6.61 Å². The van der Waals surface area contributed by atoms with E-state index in [-0.39, 0.29) is 6.61 Å². The molecule has 0 fully saturated rings. The molecule has 2 N–H and O–H groups in total. The number of fused-ring (bicyclic) bond motifs is 1. The molecule has 1 aromatic carbocycles. The molecule has 0 aliphatic carbocycles. The van der Waals surface area contributed by atoms with E-state index in [1.807, 2.05) is 24.3 Å². The minimum absolute atomic E-state index is 0.0256. The molecule has 1 aromatic heterocycles. The van der Waals surface area contributed by atoms with E-state index < -0.39 is 0 Å². The van der Waals surface area contributed by atoms with Gasteiger partial charge in [0.2, 0.25) is 0 Å². The van der Waals surface area contributed by atoms with Crippen molar-refractivity contribution in [2.24, 2.45) is 0 Å².